The zero-order valence-corrected chi connectivity index (χ0v) is 12.1. The van der Waals surface area contributed by atoms with Crippen LogP contribution in [0, 0.1) is 10.1 Å². The molecule has 2 atom stereocenters. The first-order valence-electron chi connectivity index (χ1n) is 6.94. The van der Waals surface area contributed by atoms with E-state index in [9.17, 15) is 10.1 Å². The Balaban J connectivity index is 1.69. The molecule has 0 aromatic heterocycles. The van der Waals surface area contributed by atoms with Crippen LogP contribution in [0.3, 0.4) is 0 Å². The van der Waals surface area contributed by atoms with E-state index in [-0.39, 0.29) is 18.0 Å². The number of benzene rings is 2. The normalized spacial score (nSPS) is 20.8. The minimum Gasteiger partial charge on any atom is -0.497 e. The lowest BCUT2D eigenvalue weighted by Gasteiger charge is -2.13. The summed E-state index contributed by atoms with van der Waals surface area (Å²) < 4.78 is 11.1. The van der Waals surface area contributed by atoms with Crippen molar-refractivity contribution < 1.29 is 14.4 Å². The molecule has 1 saturated heterocycles. The summed E-state index contributed by atoms with van der Waals surface area (Å²) in [7, 11) is 1.63. The molecule has 0 unspecified atom stereocenters. The molecule has 1 heterocycles. The predicted molar refractivity (Wildman–Crippen MR) is 80.7 cm³/mol. The van der Waals surface area contributed by atoms with Crippen molar-refractivity contribution in [2.45, 2.75) is 12.3 Å². The summed E-state index contributed by atoms with van der Waals surface area (Å²) in [6, 6.07) is 14.2. The highest BCUT2D eigenvalue weighted by atomic mass is 16.6. The molecule has 0 spiro atoms. The molecule has 0 amide bonds. The molecule has 6 nitrogen and oxygen atoms in total. The third kappa shape index (κ3) is 2.93. The Kier molecular flexibility index (Phi) is 4.04. The number of nitro groups is 1. The van der Waals surface area contributed by atoms with Gasteiger partial charge in [-0.25, -0.2) is 0 Å². The Labute approximate surface area is 127 Å². The third-order valence-electron chi connectivity index (χ3n) is 3.68. The number of nitro benzene ring substituents is 1. The van der Waals surface area contributed by atoms with Gasteiger partial charge in [-0.05, 0) is 35.4 Å². The fraction of sp³-hybridized carbons (Fsp3) is 0.250. The summed E-state index contributed by atoms with van der Waals surface area (Å²) in [5, 5.41) is 14.0. The number of rotatable bonds is 4. The maximum Gasteiger partial charge on any atom is 0.269 e. The molecule has 3 rings (SSSR count). The van der Waals surface area contributed by atoms with Crippen LogP contribution in [-0.2, 0) is 4.74 Å². The van der Waals surface area contributed by atoms with E-state index >= 15 is 0 Å². The molecule has 1 aliphatic heterocycles. The van der Waals surface area contributed by atoms with Crippen molar-refractivity contribution in [3.05, 3.63) is 69.8 Å². The number of non-ortho nitro benzene ring substituents is 1. The van der Waals surface area contributed by atoms with Crippen LogP contribution in [0.25, 0.3) is 0 Å². The van der Waals surface area contributed by atoms with Gasteiger partial charge in [-0.1, -0.05) is 12.1 Å². The van der Waals surface area contributed by atoms with Crippen molar-refractivity contribution in [1.82, 2.24) is 5.32 Å². The van der Waals surface area contributed by atoms with Crippen LogP contribution in [0.4, 0.5) is 5.69 Å². The van der Waals surface area contributed by atoms with Crippen molar-refractivity contribution in [3.63, 3.8) is 0 Å². The first-order valence-corrected chi connectivity index (χ1v) is 6.94. The van der Waals surface area contributed by atoms with Gasteiger partial charge in [0.1, 0.15) is 12.0 Å². The van der Waals surface area contributed by atoms with Crippen LogP contribution in [0.2, 0.25) is 0 Å². The first-order chi connectivity index (χ1) is 10.7. The Morgan fingerprint density at radius 1 is 1.14 bits per heavy atom. The van der Waals surface area contributed by atoms with Gasteiger partial charge in [0.15, 0.2) is 0 Å². The van der Waals surface area contributed by atoms with Crippen LogP contribution in [0.15, 0.2) is 48.5 Å². The highest BCUT2D eigenvalue weighted by Crippen LogP contribution is 2.31. The van der Waals surface area contributed by atoms with Gasteiger partial charge in [0.2, 0.25) is 0 Å². The monoisotopic (exact) mass is 300 g/mol. The van der Waals surface area contributed by atoms with Crippen LogP contribution < -0.4 is 10.1 Å². The molecular weight excluding hydrogens is 284 g/mol. The zero-order chi connectivity index (χ0) is 15.5. The Morgan fingerprint density at radius 2 is 1.77 bits per heavy atom. The molecule has 2 aromatic rings. The summed E-state index contributed by atoms with van der Waals surface area (Å²) in [6.45, 7) is 0.661. The molecule has 1 N–H and O–H groups in total. The quantitative estimate of drug-likeness (QED) is 0.694. The lowest BCUT2D eigenvalue weighted by atomic mass is 10.1. The topological polar surface area (TPSA) is 73.6 Å². The van der Waals surface area contributed by atoms with E-state index in [0.29, 0.717) is 6.54 Å². The van der Waals surface area contributed by atoms with Crippen molar-refractivity contribution in [1.29, 1.82) is 0 Å². The van der Waals surface area contributed by atoms with Gasteiger partial charge >= 0.3 is 0 Å². The smallest absolute Gasteiger partial charge is 0.269 e. The highest BCUT2D eigenvalue weighted by molar-refractivity contribution is 5.34. The van der Waals surface area contributed by atoms with Crippen molar-refractivity contribution in [2.75, 3.05) is 13.7 Å². The fourth-order valence-corrected chi connectivity index (χ4v) is 2.46. The minimum atomic E-state index is -0.405. The summed E-state index contributed by atoms with van der Waals surface area (Å²) >= 11 is 0. The van der Waals surface area contributed by atoms with E-state index < -0.39 is 4.92 Å². The second kappa shape index (κ2) is 6.13. The van der Waals surface area contributed by atoms with Gasteiger partial charge in [-0.2, -0.15) is 0 Å². The molecule has 22 heavy (non-hydrogen) atoms. The van der Waals surface area contributed by atoms with Crippen LogP contribution in [-0.4, -0.2) is 18.6 Å². The summed E-state index contributed by atoms with van der Waals surface area (Å²) in [5.41, 5.74) is 2.03. The van der Waals surface area contributed by atoms with Crippen molar-refractivity contribution >= 4 is 5.69 Å². The van der Waals surface area contributed by atoms with E-state index in [1.165, 1.54) is 12.1 Å². The van der Waals surface area contributed by atoms with Gasteiger partial charge in [-0.3, -0.25) is 15.4 Å². The predicted octanol–water partition coefficient (Wildman–Crippen LogP) is 2.96. The fourth-order valence-electron chi connectivity index (χ4n) is 2.46. The van der Waals surface area contributed by atoms with Crippen molar-refractivity contribution in [2.24, 2.45) is 0 Å². The Hall–Kier alpha value is -2.44. The number of nitrogens with one attached hydrogen (secondary N) is 1. The molecule has 6 heteroatoms. The molecule has 1 fully saturated rings. The second-order valence-electron chi connectivity index (χ2n) is 5.03. The lowest BCUT2D eigenvalue weighted by molar-refractivity contribution is -0.384. The van der Waals surface area contributed by atoms with E-state index in [1.54, 1.807) is 19.2 Å². The average Bonchev–Trinajstić information content (AvgIpc) is 3.05. The van der Waals surface area contributed by atoms with E-state index in [1.807, 2.05) is 24.3 Å². The summed E-state index contributed by atoms with van der Waals surface area (Å²) in [5.74, 6) is 0.800. The SMILES string of the molecule is COc1ccc([C@H]2NC[C@H](c3ccc([N+](=O)[O-])cc3)O2)cc1. The molecule has 0 bridgehead atoms. The van der Waals surface area contributed by atoms with Crippen LogP contribution in [0.1, 0.15) is 23.5 Å². The molecule has 114 valence electrons. The van der Waals surface area contributed by atoms with Gasteiger partial charge in [0, 0.05) is 18.7 Å². The molecule has 1 aliphatic rings. The Bertz CT molecular complexity index is 655. The second-order valence-corrected chi connectivity index (χ2v) is 5.03. The number of methoxy groups -OCH3 is 1. The number of ether oxygens (including phenoxy) is 2. The summed E-state index contributed by atoms with van der Waals surface area (Å²) in [6.07, 6.45) is -0.306. The third-order valence-corrected chi connectivity index (χ3v) is 3.68. The number of hydrogen-bond donors (Lipinski definition) is 1. The molecular formula is C16H16N2O4. The van der Waals surface area contributed by atoms with Gasteiger partial charge in [0.05, 0.1) is 18.1 Å². The number of hydrogen-bond acceptors (Lipinski definition) is 5. The molecule has 2 aromatic carbocycles. The van der Waals surface area contributed by atoms with E-state index in [0.717, 1.165) is 16.9 Å². The minimum absolute atomic E-state index is 0.0846. The van der Waals surface area contributed by atoms with E-state index in [4.69, 9.17) is 9.47 Å². The largest absolute Gasteiger partial charge is 0.497 e. The van der Waals surface area contributed by atoms with Gasteiger partial charge in [-0.15, -0.1) is 0 Å². The molecule has 0 radical (unpaired) electrons. The standard InChI is InChI=1S/C16H16N2O4/c1-21-14-8-4-12(5-9-14)16-17-10-15(22-16)11-2-6-13(7-3-11)18(19)20/h2-9,15-17H,10H2,1H3/t15-,16+/m1/s1. The summed E-state index contributed by atoms with van der Waals surface area (Å²) in [4.78, 5) is 10.3. The lowest BCUT2D eigenvalue weighted by Crippen LogP contribution is -2.13. The van der Waals surface area contributed by atoms with Crippen molar-refractivity contribution in [3.8, 4) is 5.75 Å². The molecule has 0 saturated carbocycles. The van der Waals surface area contributed by atoms with Gasteiger partial charge in [0.25, 0.3) is 5.69 Å². The average molecular weight is 300 g/mol. The number of nitrogens with zero attached hydrogens (tertiary/aromatic N) is 1. The zero-order valence-electron chi connectivity index (χ0n) is 12.1. The van der Waals surface area contributed by atoms with Crippen LogP contribution in [0.5, 0.6) is 5.75 Å². The maximum absolute atomic E-state index is 10.7. The molecule has 0 aliphatic carbocycles. The van der Waals surface area contributed by atoms with E-state index in [2.05, 4.69) is 5.32 Å². The van der Waals surface area contributed by atoms with Crippen LogP contribution >= 0.6 is 0 Å². The van der Waals surface area contributed by atoms with Gasteiger partial charge < -0.3 is 9.47 Å². The Morgan fingerprint density at radius 3 is 2.36 bits per heavy atom. The first kappa shape index (κ1) is 14.5. The highest BCUT2D eigenvalue weighted by Gasteiger charge is 2.27. The maximum atomic E-state index is 10.7.